The van der Waals surface area contributed by atoms with E-state index in [0.29, 0.717) is 0 Å². The van der Waals surface area contributed by atoms with Gasteiger partial charge in [-0.3, -0.25) is 4.98 Å². The Morgan fingerprint density at radius 1 is 0.957 bits per heavy atom. The Bertz CT molecular complexity index is 795. The van der Waals surface area contributed by atoms with Crippen LogP contribution in [0.15, 0.2) is 60.9 Å². The van der Waals surface area contributed by atoms with Gasteiger partial charge in [-0.25, -0.2) is 0 Å². The van der Waals surface area contributed by atoms with Crippen LogP contribution in [0.2, 0.25) is 0 Å². The van der Waals surface area contributed by atoms with Crippen molar-refractivity contribution < 1.29 is 4.74 Å². The topological polar surface area (TPSA) is 34.1 Å². The second kappa shape index (κ2) is 6.39. The molecule has 1 N–H and O–H groups in total. The Morgan fingerprint density at radius 3 is 2.61 bits per heavy atom. The standard InChI is InChI=1S/C20H20N2O/c1-2-4-15(5-3-1)17-12-16-6-9-22-14-19(16)20(13-17)23-18-7-10-21-11-8-18/h1-6,9,12-14,18,21H,7-8,10-11H2. The number of pyridine rings is 1. The Labute approximate surface area is 136 Å². The van der Waals surface area contributed by atoms with E-state index in [9.17, 15) is 0 Å². The van der Waals surface area contributed by atoms with Gasteiger partial charge in [0, 0.05) is 17.8 Å². The zero-order valence-corrected chi connectivity index (χ0v) is 13.0. The summed E-state index contributed by atoms with van der Waals surface area (Å²) in [6.07, 6.45) is 6.13. The monoisotopic (exact) mass is 304 g/mol. The molecular weight excluding hydrogens is 284 g/mol. The minimum Gasteiger partial charge on any atom is -0.490 e. The zero-order chi connectivity index (χ0) is 15.5. The van der Waals surface area contributed by atoms with Gasteiger partial charge >= 0.3 is 0 Å². The highest BCUT2D eigenvalue weighted by molar-refractivity contribution is 5.92. The second-order valence-electron chi connectivity index (χ2n) is 6.00. The lowest BCUT2D eigenvalue weighted by molar-refractivity contribution is 0.164. The van der Waals surface area contributed by atoms with Crippen molar-refractivity contribution in [2.75, 3.05) is 13.1 Å². The third-order valence-electron chi connectivity index (χ3n) is 4.40. The first kappa shape index (κ1) is 14.2. The summed E-state index contributed by atoms with van der Waals surface area (Å²) in [5.74, 6) is 0.946. The minimum atomic E-state index is 0.283. The van der Waals surface area contributed by atoms with E-state index < -0.39 is 0 Å². The van der Waals surface area contributed by atoms with Crippen molar-refractivity contribution in [1.82, 2.24) is 10.3 Å². The molecule has 23 heavy (non-hydrogen) atoms. The molecule has 0 radical (unpaired) electrons. The van der Waals surface area contributed by atoms with Gasteiger partial charge in [0.1, 0.15) is 11.9 Å². The first-order valence-electron chi connectivity index (χ1n) is 8.21. The zero-order valence-electron chi connectivity index (χ0n) is 13.0. The van der Waals surface area contributed by atoms with Gasteiger partial charge in [-0.1, -0.05) is 30.3 Å². The number of benzene rings is 2. The van der Waals surface area contributed by atoms with E-state index >= 15 is 0 Å². The Hall–Kier alpha value is -2.39. The average Bonchev–Trinajstić information content (AvgIpc) is 2.63. The molecule has 0 spiro atoms. The molecule has 4 rings (SSSR count). The lowest BCUT2D eigenvalue weighted by Gasteiger charge is -2.25. The predicted octanol–water partition coefficient (Wildman–Crippen LogP) is 4.03. The van der Waals surface area contributed by atoms with Gasteiger partial charge in [0.05, 0.1) is 0 Å². The molecule has 1 fully saturated rings. The molecule has 2 aromatic carbocycles. The highest BCUT2D eigenvalue weighted by atomic mass is 16.5. The van der Waals surface area contributed by atoms with Crippen LogP contribution in [0.5, 0.6) is 5.75 Å². The number of nitrogens with one attached hydrogen (secondary N) is 1. The van der Waals surface area contributed by atoms with Gasteiger partial charge < -0.3 is 10.1 Å². The van der Waals surface area contributed by atoms with Crippen molar-refractivity contribution in [3.8, 4) is 16.9 Å². The third-order valence-corrected chi connectivity index (χ3v) is 4.40. The summed E-state index contributed by atoms with van der Waals surface area (Å²) < 4.78 is 6.35. The van der Waals surface area contributed by atoms with Crippen LogP contribution in [0, 0.1) is 0 Å². The number of piperidine rings is 1. The van der Waals surface area contributed by atoms with Crippen LogP contribution in [0.3, 0.4) is 0 Å². The minimum absolute atomic E-state index is 0.283. The summed E-state index contributed by atoms with van der Waals surface area (Å²) in [5.41, 5.74) is 2.40. The highest BCUT2D eigenvalue weighted by Crippen LogP contribution is 2.33. The summed E-state index contributed by atoms with van der Waals surface area (Å²) in [5, 5.41) is 5.64. The normalized spacial score (nSPS) is 15.7. The maximum Gasteiger partial charge on any atom is 0.129 e. The Kier molecular flexibility index (Phi) is 3.95. The predicted molar refractivity (Wildman–Crippen MR) is 93.7 cm³/mol. The third kappa shape index (κ3) is 3.06. The first-order valence-corrected chi connectivity index (χ1v) is 8.21. The number of nitrogens with zero attached hydrogens (tertiary/aromatic N) is 1. The molecule has 3 aromatic rings. The van der Waals surface area contributed by atoms with E-state index in [-0.39, 0.29) is 6.10 Å². The van der Waals surface area contributed by atoms with Crippen LogP contribution in [0.1, 0.15) is 12.8 Å². The number of aromatic nitrogens is 1. The van der Waals surface area contributed by atoms with E-state index in [1.54, 1.807) is 0 Å². The molecule has 0 atom stereocenters. The molecule has 0 aliphatic carbocycles. The largest absolute Gasteiger partial charge is 0.490 e. The maximum atomic E-state index is 6.35. The van der Waals surface area contributed by atoms with Crippen LogP contribution in [0.4, 0.5) is 0 Å². The van der Waals surface area contributed by atoms with Gasteiger partial charge in [0.15, 0.2) is 0 Å². The second-order valence-corrected chi connectivity index (χ2v) is 6.00. The van der Waals surface area contributed by atoms with Crippen LogP contribution in [-0.4, -0.2) is 24.2 Å². The van der Waals surface area contributed by atoms with Gasteiger partial charge in [-0.05, 0) is 60.6 Å². The smallest absolute Gasteiger partial charge is 0.129 e. The molecule has 1 aromatic heterocycles. The van der Waals surface area contributed by atoms with Crippen LogP contribution >= 0.6 is 0 Å². The fraction of sp³-hybridized carbons (Fsp3) is 0.250. The number of hydrogen-bond donors (Lipinski definition) is 1. The summed E-state index contributed by atoms with van der Waals surface area (Å²) in [7, 11) is 0. The summed E-state index contributed by atoms with van der Waals surface area (Å²) in [6.45, 7) is 2.05. The fourth-order valence-electron chi connectivity index (χ4n) is 3.15. The molecule has 0 saturated carbocycles. The van der Waals surface area contributed by atoms with E-state index in [4.69, 9.17) is 4.74 Å². The lowest BCUT2D eigenvalue weighted by Crippen LogP contribution is -2.34. The van der Waals surface area contributed by atoms with Crippen molar-refractivity contribution in [3.05, 3.63) is 60.9 Å². The van der Waals surface area contributed by atoms with E-state index in [1.165, 1.54) is 16.5 Å². The number of fused-ring (bicyclic) bond motifs is 1. The lowest BCUT2D eigenvalue weighted by atomic mass is 10.0. The molecule has 3 nitrogen and oxygen atoms in total. The van der Waals surface area contributed by atoms with E-state index in [0.717, 1.165) is 37.1 Å². The molecule has 2 heterocycles. The summed E-state index contributed by atoms with van der Waals surface area (Å²) in [4.78, 5) is 4.28. The summed E-state index contributed by atoms with van der Waals surface area (Å²) in [6, 6.07) is 16.9. The maximum absolute atomic E-state index is 6.35. The number of rotatable bonds is 3. The van der Waals surface area contributed by atoms with Crippen molar-refractivity contribution in [1.29, 1.82) is 0 Å². The molecule has 0 bridgehead atoms. The summed E-state index contributed by atoms with van der Waals surface area (Å²) >= 11 is 0. The average molecular weight is 304 g/mol. The Morgan fingerprint density at radius 2 is 1.78 bits per heavy atom. The van der Waals surface area contributed by atoms with E-state index in [1.807, 2.05) is 18.5 Å². The number of ether oxygens (including phenoxy) is 1. The quantitative estimate of drug-likeness (QED) is 0.793. The molecule has 116 valence electrons. The van der Waals surface area contributed by atoms with Crippen molar-refractivity contribution >= 4 is 10.8 Å². The van der Waals surface area contributed by atoms with Crippen molar-refractivity contribution in [2.45, 2.75) is 18.9 Å². The number of hydrogen-bond acceptors (Lipinski definition) is 3. The van der Waals surface area contributed by atoms with Gasteiger partial charge in [-0.15, -0.1) is 0 Å². The van der Waals surface area contributed by atoms with Crippen LogP contribution in [0.25, 0.3) is 21.9 Å². The molecule has 0 amide bonds. The molecule has 1 aliphatic heterocycles. The first-order chi connectivity index (χ1) is 11.4. The molecule has 0 unspecified atom stereocenters. The molecule has 3 heteroatoms. The van der Waals surface area contributed by atoms with Gasteiger partial charge in [0.2, 0.25) is 0 Å². The van der Waals surface area contributed by atoms with Crippen molar-refractivity contribution in [2.24, 2.45) is 0 Å². The van der Waals surface area contributed by atoms with E-state index in [2.05, 4.69) is 52.8 Å². The highest BCUT2D eigenvalue weighted by Gasteiger charge is 2.16. The fourth-order valence-corrected chi connectivity index (χ4v) is 3.15. The molecular formula is C20H20N2O. The SMILES string of the molecule is c1ccc(-c2cc(OC3CCNCC3)c3cnccc3c2)cc1. The molecule has 1 saturated heterocycles. The van der Waals surface area contributed by atoms with Gasteiger partial charge in [0.25, 0.3) is 0 Å². The van der Waals surface area contributed by atoms with Gasteiger partial charge in [-0.2, -0.15) is 0 Å². The van der Waals surface area contributed by atoms with Crippen molar-refractivity contribution in [3.63, 3.8) is 0 Å². The van der Waals surface area contributed by atoms with Crippen LogP contribution < -0.4 is 10.1 Å². The Balaban J connectivity index is 1.77. The van der Waals surface area contributed by atoms with Crippen LogP contribution in [-0.2, 0) is 0 Å². The molecule has 1 aliphatic rings.